The fraction of sp³-hybridized carbons (Fsp3) is 0.755. The van der Waals surface area contributed by atoms with Gasteiger partial charge >= 0.3 is 5.97 Å². The first kappa shape index (κ1) is 50.6. The number of aliphatic hydroxyl groups excluding tert-OH is 3. The van der Waals surface area contributed by atoms with Gasteiger partial charge in [0.2, 0.25) is 5.91 Å². The smallest absolute Gasteiger partial charge is 0.329 e. The van der Waals surface area contributed by atoms with Crippen molar-refractivity contribution < 1.29 is 53.8 Å². The maximum atomic E-state index is 14.3. The Morgan fingerprint density at radius 3 is 2.31 bits per heavy atom. The molecule has 0 unspecified atom stereocenters. The van der Waals surface area contributed by atoms with E-state index in [1.54, 1.807) is 27.0 Å². The SMILES string of the molecule is CO[C@H]1C[C@@H](C[C@@H](C)[C@@H]2CC(=O)[C@H](C)/C=C(\C)[C@@H](O)CC(=O)[C@H](C)C[C@H](C)\C=C/C=C/C=C(\C)[C@@H](O)C[C@@H]3CC[C@@H](C)[C@](O)(CC(=O)N4CCCC[C@H]4C(=O)O2)O3)CC[C@@H]1O. The molecule has 0 spiro atoms. The number of fused-ring (bicyclic) bond motifs is 3. The number of aliphatic hydroxyl groups is 4. The van der Waals surface area contributed by atoms with E-state index in [1.165, 1.54) is 4.90 Å². The maximum absolute atomic E-state index is 14.3. The molecule has 14 atom stereocenters. The molecule has 4 rings (SSSR count). The summed E-state index contributed by atoms with van der Waals surface area (Å²) in [6, 6.07) is -0.904. The molecule has 2 saturated heterocycles. The lowest BCUT2D eigenvalue weighted by atomic mass is 9.78. The van der Waals surface area contributed by atoms with Crippen molar-refractivity contribution >= 4 is 23.4 Å². The summed E-state index contributed by atoms with van der Waals surface area (Å²) in [4.78, 5) is 57.1. The van der Waals surface area contributed by atoms with Crippen LogP contribution in [0.4, 0.5) is 0 Å². The number of piperidine rings is 1. The number of cyclic esters (lactones) is 1. The number of carbonyl (C=O) groups excluding carboxylic acids is 4. The van der Waals surface area contributed by atoms with Crippen molar-refractivity contribution in [2.75, 3.05) is 13.7 Å². The third-order valence-corrected chi connectivity index (χ3v) is 14.0. The number of esters is 1. The molecule has 1 aliphatic carbocycles. The summed E-state index contributed by atoms with van der Waals surface area (Å²) in [5.74, 6) is -4.33. The number of hydrogen-bond donors (Lipinski definition) is 4. The van der Waals surface area contributed by atoms with Crippen LogP contribution in [0.3, 0.4) is 0 Å². The van der Waals surface area contributed by atoms with Gasteiger partial charge in [0.1, 0.15) is 23.7 Å². The second-order valence-corrected chi connectivity index (χ2v) is 19.1. The molecule has 12 nitrogen and oxygen atoms in total. The minimum absolute atomic E-state index is 0.0663. The van der Waals surface area contributed by atoms with Crippen molar-refractivity contribution in [3.05, 3.63) is 47.6 Å². The van der Waals surface area contributed by atoms with E-state index in [0.717, 1.165) is 12.0 Å². The third-order valence-electron chi connectivity index (χ3n) is 14.0. The van der Waals surface area contributed by atoms with Gasteiger partial charge in [0.15, 0.2) is 5.79 Å². The van der Waals surface area contributed by atoms with Crippen molar-refractivity contribution in [2.24, 2.45) is 35.5 Å². The van der Waals surface area contributed by atoms with Gasteiger partial charge in [-0.2, -0.15) is 0 Å². The van der Waals surface area contributed by atoms with Crippen LogP contribution in [0.25, 0.3) is 0 Å². The van der Waals surface area contributed by atoms with Crippen LogP contribution in [0.15, 0.2) is 47.6 Å². The summed E-state index contributed by atoms with van der Waals surface area (Å²) in [6.45, 7) is 13.3. The number of nitrogens with zero attached hydrogens (tertiary/aromatic N) is 1. The van der Waals surface area contributed by atoms with E-state index in [1.807, 2.05) is 65.0 Å². The Kier molecular flexibility index (Phi) is 19.6. The van der Waals surface area contributed by atoms with E-state index in [2.05, 4.69) is 0 Å². The normalized spacial score (nSPS) is 41.0. The summed E-state index contributed by atoms with van der Waals surface area (Å²) in [5.41, 5.74) is 1.24. The van der Waals surface area contributed by atoms with Gasteiger partial charge in [-0.05, 0) is 107 Å². The Morgan fingerprint density at radius 2 is 1.59 bits per heavy atom. The zero-order chi connectivity index (χ0) is 45.0. The Labute approximate surface area is 364 Å². The molecule has 0 aromatic rings. The lowest BCUT2D eigenvalue weighted by molar-refractivity contribution is -0.283. The molecule has 0 radical (unpaired) electrons. The third kappa shape index (κ3) is 14.8. The lowest BCUT2D eigenvalue weighted by Gasteiger charge is -2.44. The average Bonchev–Trinajstić information content (AvgIpc) is 3.21. The van der Waals surface area contributed by atoms with Crippen LogP contribution in [-0.4, -0.2) is 111 Å². The quantitative estimate of drug-likeness (QED) is 0.174. The number of hydrogen-bond acceptors (Lipinski definition) is 11. The van der Waals surface area contributed by atoms with E-state index in [4.69, 9.17) is 14.2 Å². The second-order valence-electron chi connectivity index (χ2n) is 19.1. The molecule has 3 heterocycles. The highest BCUT2D eigenvalue weighted by molar-refractivity contribution is 5.86. The Hall–Kier alpha value is -3.00. The molecule has 3 aliphatic heterocycles. The van der Waals surface area contributed by atoms with Crippen LogP contribution in [0.5, 0.6) is 0 Å². The van der Waals surface area contributed by atoms with Crippen molar-refractivity contribution in [1.82, 2.24) is 4.90 Å². The minimum Gasteiger partial charge on any atom is -0.460 e. The van der Waals surface area contributed by atoms with Gasteiger partial charge in [0.25, 0.3) is 0 Å². The first-order chi connectivity index (χ1) is 28.8. The number of methoxy groups -OCH3 is 1. The molecule has 1 amide bonds. The van der Waals surface area contributed by atoms with Gasteiger partial charge in [0.05, 0.1) is 36.9 Å². The van der Waals surface area contributed by atoms with Gasteiger partial charge in [0, 0.05) is 50.7 Å². The molecule has 0 aromatic heterocycles. The predicted molar refractivity (Wildman–Crippen MR) is 234 cm³/mol. The summed E-state index contributed by atoms with van der Waals surface area (Å²) in [6.07, 6.45) is 13.0. The van der Waals surface area contributed by atoms with Gasteiger partial charge in [-0.25, -0.2) is 4.79 Å². The molecule has 4 N–H and O–H groups in total. The molecule has 3 fully saturated rings. The second kappa shape index (κ2) is 23.6. The van der Waals surface area contributed by atoms with Crippen LogP contribution in [0.2, 0.25) is 0 Å². The van der Waals surface area contributed by atoms with Crippen LogP contribution in [-0.2, 0) is 33.4 Å². The first-order valence-electron chi connectivity index (χ1n) is 23.0. The van der Waals surface area contributed by atoms with E-state index in [9.17, 15) is 39.6 Å². The Morgan fingerprint density at radius 1 is 0.852 bits per heavy atom. The molecule has 12 heteroatoms. The topological polar surface area (TPSA) is 180 Å². The number of Topliss-reactive ketones (excluding diaryl/α,β-unsaturated/α-hetero) is 2. The number of ketones is 2. The van der Waals surface area contributed by atoms with E-state index in [0.29, 0.717) is 69.9 Å². The van der Waals surface area contributed by atoms with Crippen molar-refractivity contribution in [2.45, 2.75) is 187 Å². The number of amides is 1. The summed E-state index contributed by atoms with van der Waals surface area (Å²) < 4.78 is 18.1. The average molecular weight is 856 g/mol. The predicted octanol–water partition coefficient (Wildman–Crippen LogP) is 6.72. The molecule has 1 saturated carbocycles. The fourth-order valence-electron chi connectivity index (χ4n) is 9.60. The van der Waals surface area contributed by atoms with Gasteiger partial charge in [-0.3, -0.25) is 14.4 Å². The van der Waals surface area contributed by atoms with Crippen molar-refractivity contribution in [1.29, 1.82) is 0 Å². The minimum atomic E-state index is -1.79. The molecule has 0 aromatic carbocycles. The van der Waals surface area contributed by atoms with E-state index < -0.39 is 60.1 Å². The maximum Gasteiger partial charge on any atom is 0.329 e. The number of rotatable bonds is 4. The van der Waals surface area contributed by atoms with Crippen LogP contribution in [0.1, 0.15) is 138 Å². The van der Waals surface area contributed by atoms with Gasteiger partial charge in [-0.15, -0.1) is 0 Å². The van der Waals surface area contributed by atoms with Crippen molar-refractivity contribution in [3.8, 4) is 0 Å². The standard InChI is InChI=1S/C49H77NO11/c1-30-14-10-9-11-15-31(2)41(52)26-38-19-17-36(7)49(58,61-38)29-47(56)50-21-13-12-16-39(50)48(57)60-45(35(6)24-37-18-20-40(51)46(25-37)59-8)28-44(55)34(5)23-33(4)43(54)27-42(53)32(3)22-30/h9-11,14-15,23,30,32,34-41,43,45-46,51-52,54,58H,12-13,16-22,24-29H2,1-8H3/b11-9+,14-10-,31-15+,33-23+/t30-,32-,34-,35-,36-,37-,38+,39+,40+,41+,43+,45+,46+,49+/m1/s1. The van der Waals surface area contributed by atoms with Gasteiger partial charge < -0.3 is 39.5 Å². The van der Waals surface area contributed by atoms with Crippen LogP contribution in [0, 0.1) is 35.5 Å². The summed E-state index contributed by atoms with van der Waals surface area (Å²) >= 11 is 0. The van der Waals surface area contributed by atoms with Crippen LogP contribution >= 0.6 is 0 Å². The zero-order valence-electron chi connectivity index (χ0n) is 38.2. The largest absolute Gasteiger partial charge is 0.460 e. The number of carbonyl (C=O) groups is 4. The molecule has 61 heavy (non-hydrogen) atoms. The highest BCUT2D eigenvalue weighted by atomic mass is 16.6. The molecular formula is C49H77NO11. The highest BCUT2D eigenvalue weighted by Gasteiger charge is 2.46. The fourth-order valence-corrected chi connectivity index (χ4v) is 9.60. The monoisotopic (exact) mass is 856 g/mol. The summed E-state index contributed by atoms with van der Waals surface area (Å²) in [7, 11) is 1.59. The highest BCUT2D eigenvalue weighted by Crippen LogP contribution is 2.38. The number of ether oxygens (including phenoxy) is 3. The zero-order valence-corrected chi connectivity index (χ0v) is 38.2. The Balaban J connectivity index is 1.63. The number of allylic oxidation sites excluding steroid dienone is 6. The first-order valence-corrected chi connectivity index (χ1v) is 23.0. The van der Waals surface area contributed by atoms with Crippen molar-refractivity contribution in [3.63, 3.8) is 0 Å². The molecule has 2 bridgehead atoms. The Bertz CT molecular complexity index is 1600. The van der Waals surface area contributed by atoms with E-state index >= 15 is 0 Å². The van der Waals surface area contributed by atoms with E-state index in [-0.39, 0.29) is 72.9 Å². The lowest BCUT2D eigenvalue weighted by Crippen LogP contribution is -2.54. The van der Waals surface area contributed by atoms with Gasteiger partial charge in [-0.1, -0.05) is 71.1 Å². The summed E-state index contributed by atoms with van der Waals surface area (Å²) in [5, 5.41) is 44.5. The molecular weight excluding hydrogens is 779 g/mol. The molecule has 4 aliphatic rings. The van der Waals surface area contributed by atoms with Crippen LogP contribution < -0.4 is 0 Å². The molecule has 344 valence electrons.